The number of ether oxygens (including phenoxy) is 1. The molecule has 2 rings (SSSR count). The van der Waals surface area contributed by atoms with Crippen molar-refractivity contribution < 1.29 is 9.53 Å². The fraction of sp³-hybridized carbons (Fsp3) is 0.643. The van der Waals surface area contributed by atoms with E-state index in [2.05, 4.69) is 15.3 Å². The highest BCUT2D eigenvalue weighted by Gasteiger charge is 2.18. The predicted molar refractivity (Wildman–Crippen MR) is 75.8 cm³/mol. The molecule has 1 aromatic rings. The van der Waals surface area contributed by atoms with Gasteiger partial charge in [0.25, 0.3) is 5.56 Å². The van der Waals surface area contributed by atoms with Gasteiger partial charge >= 0.3 is 5.97 Å². The topological polar surface area (TPSA) is 84.1 Å². The molecule has 0 aromatic carbocycles. The van der Waals surface area contributed by atoms with E-state index in [0.717, 1.165) is 19.4 Å². The van der Waals surface area contributed by atoms with Gasteiger partial charge in [-0.25, -0.2) is 4.98 Å². The van der Waals surface area contributed by atoms with Crippen LogP contribution < -0.4 is 10.9 Å². The summed E-state index contributed by atoms with van der Waals surface area (Å²) in [6.45, 7) is 6.31. The SMILES string of the molecule is CC(C)(C)OC(=O)CCc1nc2c(c(=O)[nH]1)CCCN2. The standard InChI is InChI=1S/C14H21N3O3/c1-14(2,3)20-11(18)7-6-10-16-12-9(13(19)17-10)5-4-8-15-12/h4-8H2,1-3H3,(H2,15,16,17,19). The molecule has 0 saturated heterocycles. The van der Waals surface area contributed by atoms with Crippen LogP contribution in [-0.4, -0.2) is 28.1 Å². The van der Waals surface area contributed by atoms with Gasteiger partial charge in [-0.1, -0.05) is 0 Å². The number of fused-ring (bicyclic) bond motifs is 1. The number of nitrogens with one attached hydrogen (secondary N) is 2. The summed E-state index contributed by atoms with van der Waals surface area (Å²) in [6, 6.07) is 0. The molecule has 0 unspecified atom stereocenters. The molecule has 1 aliphatic rings. The molecular formula is C14H21N3O3. The Kier molecular flexibility index (Phi) is 4.11. The molecule has 2 N–H and O–H groups in total. The number of H-pyrrole nitrogens is 1. The number of aryl methyl sites for hydroxylation is 1. The lowest BCUT2D eigenvalue weighted by Crippen LogP contribution is -2.26. The normalized spacial score (nSPS) is 14.3. The van der Waals surface area contributed by atoms with Crippen molar-refractivity contribution >= 4 is 11.8 Å². The van der Waals surface area contributed by atoms with Crippen molar-refractivity contribution in [2.24, 2.45) is 0 Å². The summed E-state index contributed by atoms with van der Waals surface area (Å²) in [4.78, 5) is 30.7. The maximum Gasteiger partial charge on any atom is 0.306 e. The summed E-state index contributed by atoms with van der Waals surface area (Å²) in [6.07, 6.45) is 2.27. The Balaban J connectivity index is 2.02. The van der Waals surface area contributed by atoms with Crippen molar-refractivity contribution in [2.45, 2.75) is 52.1 Å². The maximum absolute atomic E-state index is 11.9. The summed E-state index contributed by atoms with van der Waals surface area (Å²) >= 11 is 0. The number of rotatable bonds is 3. The number of aromatic nitrogens is 2. The summed E-state index contributed by atoms with van der Waals surface area (Å²) in [5.74, 6) is 0.888. The Labute approximate surface area is 118 Å². The highest BCUT2D eigenvalue weighted by Crippen LogP contribution is 2.15. The van der Waals surface area contributed by atoms with Crippen LogP contribution in [0.2, 0.25) is 0 Å². The summed E-state index contributed by atoms with van der Waals surface area (Å²) in [7, 11) is 0. The average Bonchev–Trinajstić information content (AvgIpc) is 2.34. The Hall–Kier alpha value is -1.85. The highest BCUT2D eigenvalue weighted by atomic mass is 16.6. The van der Waals surface area contributed by atoms with Crippen molar-refractivity contribution in [2.75, 3.05) is 11.9 Å². The monoisotopic (exact) mass is 279 g/mol. The third kappa shape index (κ3) is 3.82. The number of hydrogen-bond acceptors (Lipinski definition) is 5. The summed E-state index contributed by atoms with van der Waals surface area (Å²) in [5, 5.41) is 3.12. The molecule has 0 saturated carbocycles. The number of carbonyl (C=O) groups is 1. The van der Waals surface area contributed by atoms with E-state index in [1.54, 1.807) is 0 Å². The minimum atomic E-state index is -0.491. The lowest BCUT2D eigenvalue weighted by atomic mass is 10.1. The van der Waals surface area contributed by atoms with Gasteiger partial charge in [0.2, 0.25) is 0 Å². The molecular weight excluding hydrogens is 258 g/mol. The van der Waals surface area contributed by atoms with E-state index in [-0.39, 0.29) is 17.9 Å². The first kappa shape index (κ1) is 14.6. The Morgan fingerprint density at radius 3 is 2.85 bits per heavy atom. The molecule has 20 heavy (non-hydrogen) atoms. The number of carbonyl (C=O) groups excluding carboxylic acids is 1. The van der Waals surface area contributed by atoms with E-state index in [0.29, 0.717) is 23.6 Å². The number of aromatic amines is 1. The lowest BCUT2D eigenvalue weighted by molar-refractivity contribution is -0.154. The number of nitrogens with zero attached hydrogens (tertiary/aromatic N) is 1. The van der Waals surface area contributed by atoms with Crippen LogP contribution in [-0.2, 0) is 22.4 Å². The molecule has 0 atom stereocenters. The minimum Gasteiger partial charge on any atom is -0.460 e. The number of anilines is 1. The van der Waals surface area contributed by atoms with Crippen molar-refractivity contribution in [1.29, 1.82) is 0 Å². The van der Waals surface area contributed by atoms with Gasteiger partial charge in [-0.15, -0.1) is 0 Å². The number of esters is 1. The molecule has 0 aliphatic carbocycles. The van der Waals surface area contributed by atoms with Gasteiger partial charge in [-0.05, 0) is 33.6 Å². The quantitative estimate of drug-likeness (QED) is 0.817. The zero-order valence-corrected chi connectivity index (χ0v) is 12.2. The van der Waals surface area contributed by atoms with Crippen molar-refractivity contribution in [3.05, 3.63) is 21.7 Å². The summed E-state index contributed by atoms with van der Waals surface area (Å²) in [5.41, 5.74) is 0.105. The molecule has 0 bridgehead atoms. The van der Waals surface area contributed by atoms with Crippen LogP contribution in [0, 0.1) is 0 Å². The average molecular weight is 279 g/mol. The van der Waals surface area contributed by atoms with Crippen LogP contribution in [0.3, 0.4) is 0 Å². The third-order valence-electron chi connectivity index (χ3n) is 2.95. The van der Waals surface area contributed by atoms with Gasteiger partial charge in [-0.3, -0.25) is 9.59 Å². The van der Waals surface area contributed by atoms with Gasteiger partial charge in [-0.2, -0.15) is 0 Å². The second kappa shape index (κ2) is 5.64. The Bertz CT molecular complexity index is 558. The zero-order valence-electron chi connectivity index (χ0n) is 12.2. The first-order valence-electron chi connectivity index (χ1n) is 6.93. The molecule has 6 nitrogen and oxygen atoms in total. The van der Waals surface area contributed by atoms with E-state index in [9.17, 15) is 9.59 Å². The van der Waals surface area contributed by atoms with Crippen LogP contribution in [0.25, 0.3) is 0 Å². The van der Waals surface area contributed by atoms with Gasteiger partial charge in [0.1, 0.15) is 17.2 Å². The van der Waals surface area contributed by atoms with Crippen molar-refractivity contribution in [3.63, 3.8) is 0 Å². The summed E-state index contributed by atoms with van der Waals surface area (Å²) < 4.78 is 5.23. The third-order valence-corrected chi connectivity index (χ3v) is 2.95. The first-order chi connectivity index (χ1) is 9.35. The van der Waals surface area contributed by atoms with Crippen LogP contribution in [0.4, 0.5) is 5.82 Å². The van der Waals surface area contributed by atoms with Crippen LogP contribution >= 0.6 is 0 Å². The minimum absolute atomic E-state index is 0.110. The van der Waals surface area contributed by atoms with Gasteiger partial charge < -0.3 is 15.0 Å². The smallest absolute Gasteiger partial charge is 0.306 e. The van der Waals surface area contributed by atoms with Gasteiger partial charge in [0, 0.05) is 13.0 Å². The molecule has 0 spiro atoms. The Morgan fingerprint density at radius 2 is 2.15 bits per heavy atom. The van der Waals surface area contributed by atoms with E-state index >= 15 is 0 Å². The molecule has 1 aromatic heterocycles. The second-order valence-electron chi connectivity index (χ2n) is 5.96. The van der Waals surface area contributed by atoms with Crippen LogP contribution in [0.1, 0.15) is 45.0 Å². The van der Waals surface area contributed by atoms with Gasteiger partial charge in [0.15, 0.2) is 0 Å². The lowest BCUT2D eigenvalue weighted by Gasteiger charge is -2.19. The van der Waals surface area contributed by atoms with Crippen LogP contribution in [0.5, 0.6) is 0 Å². The zero-order chi connectivity index (χ0) is 14.8. The molecule has 0 radical (unpaired) electrons. The van der Waals surface area contributed by atoms with E-state index in [4.69, 9.17) is 4.74 Å². The van der Waals surface area contributed by atoms with Crippen LogP contribution in [0.15, 0.2) is 4.79 Å². The van der Waals surface area contributed by atoms with Gasteiger partial charge in [0.05, 0.1) is 12.0 Å². The molecule has 110 valence electrons. The fourth-order valence-electron chi connectivity index (χ4n) is 2.13. The molecule has 2 heterocycles. The van der Waals surface area contributed by atoms with E-state index < -0.39 is 5.60 Å². The second-order valence-corrected chi connectivity index (χ2v) is 5.96. The van der Waals surface area contributed by atoms with E-state index in [1.165, 1.54) is 0 Å². The largest absolute Gasteiger partial charge is 0.460 e. The molecule has 0 fully saturated rings. The number of hydrogen-bond donors (Lipinski definition) is 2. The van der Waals surface area contributed by atoms with Crippen molar-refractivity contribution in [1.82, 2.24) is 9.97 Å². The first-order valence-corrected chi connectivity index (χ1v) is 6.93. The maximum atomic E-state index is 11.9. The molecule has 1 aliphatic heterocycles. The predicted octanol–water partition coefficient (Wildman–Crippen LogP) is 1.40. The highest BCUT2D eigenvalue weighted by molar-refractivity contribution is 5.70. The van der Waals surface area contributed by atoms with E-state index in [1.807, 2.05) is 20.8 Å². The Morgan fingerprint density at radius 1 is 1.40 bits per heavy atom. The molecule has 0 amide bonds. The molecule has 6 heteroatoms. The fourth-order valence-corrected chi connectivity index (χ4v) is 2.13. The van der Waals surface area contributed by atoms with Crippen molar-refractivity contribution in [3.8, 4) is 0 Å².